The number of hydrogen-bond donors (Lipinski definition) is 2. The van der Waals surface area contributed by atoms with Gasteiger partial charge in [0, 0.05) is 35.1 Å². The van der Waals surface area contributed by atoms with Gasteiger partial charge in [0.2, 0.25) is 0 Å². The minimum absolute atomic E-state index is 0.606. The average molecular weight is 198 g/mol. The lowest BCUT2D eigenvalue weighted by Crippen LogP contribution is -2.31. The summed E-state index contributed by atoms with van der Waals surface area (Å²) in [5, 5.41) is 5.13. The van der Waals surface area contributed by atoms with Gasteiger partial charge in [-0.1, -0.05) is 18.2 Å². The van der Waals surface area contributed by atoms with Gasteiger partial charge < -0.3 is 10.3 Å². The van der Waals surface area contributed by atoms with Crippen molar-refractivity contribution < 1.29 is 0 Å². The lowest BCUT2D eigenvalue weighted by atomic mass is 9.99. The number of benzene rings is 1. The highest BCUT2D eigenvalue weighted by molar-refractivity contribution is 5.85. The predicted molar refractivity (Wildman–Crippen MR) is 60.9 cm³/mol. The molecule has 2 bridgehead atoms. The van der Waals surface area contributed by atoms with Gasteiger partial charge in [0.15, 0.2) is 0 Å². The summed E-state index contributed by atoms with van der Waals surface area (Å²) in [6.07, 6.45) is 3.82. The lowest BCUT2D eigenvalue weighted by molar-refractivity contribution is 0.513. The Hall–Kier alpha value is -1.28. The summed E-state index contributed by atoms with van der Waals surface area (Å²) in [7, 11) is 0. The van der Waals surface area contributed by atoms with Crippen molar-refractivity contribution >= 4 is 10.9 Å². The fourth-order valence-corrected chi connectivity index (χ4v) is 3.23. The topological polar surface area (TPSA) is 27.8 Å². The second kappa shape index (κ2) is 2.64. The van der Waals surface area contributed by atoms with Crippen molar-refractivity contribution in [2.75, 3.05) is 0 Å². The SMILES string of the molecule is c1ccc2c3c([nH]c2c1)CC1CCC3N1. The van der Waals surface area contributed by atoms with Gasteiger partial charge in [0.1, 0.15) is 0 Å². The van der Waals surface area contributed by atoms with Crippen LogP contribution >= 0.6 is 0 Å². The molecule has 2 heteroatoms. The maximum atomic E-state index is 3.70. The van der Waals surface area contributed by atoms with Gasteiger partial charge in [0.05, 0.1) is 0 Å². The zero-order valence-corrected chi connectivity index (χ0v) is 8.59. The van der Waals surface area contributed by atoms with E-state index in [1.807, 2.05) is 0 Å². The summed E-state index contributed by atoms with van der Waals surface area (Å²) in [6.45, 7) is 0. The molecule has 0 radical (unpaired) electrons. The van der Waals surface area contributed by atoms with Crippen LogP contribution in [0.4, 0.5) is 0 Å². The van der Waals surface area contributed by atoms with Crippen molar-refractivity contribution in [2.24, 2.45) is 0 Å². The summed E-state index contributed by atoms with van der Waals surface area (Å²) in [6, 6.07) is 9.99. The molecule has 1 aromatic carbocycles. The van der Waals surface area contributed by atoms with Crippen LogP contribution in [0.2, 0.25) is 0 Å². The second-order valence-electron chi connectivity index (χ2n) is 4.76. The molecule has 0 aliphatic carbocycles. The van der Waals surface area contributed by atoms with E-state index in [0.717, 1.165) is 6.04 Å². The van der Waals surface area contributed by atoms with Crippen molar-refractivity contribution in [2.45, 2.75) is 31.3 Å². The Bertz CT molecular complexity index is 526. The molecular weight excluding hydrogens is 184 g/mol. The first-order valence-electron chi connectivity index (χ1n) is 5.77. The normalized spacial score (nSPS) is 28.3. The molecule has 1 fully saturated rings. The van der Waals surface area contributed by atoms with Crippen LogP contribution in [0.25, 0.3) is 10.9 Å². The Kier molecular flexibility index (Phi) is 1.40. The number of H-pyrrole nitrogens is 1. The van der Waals surface area contributed by atoms with E-state index in [1.54, 1.807) is 5.56 Å². The molecule has 2 aliphatic heterocycles. The Morgan fingerprint density at radius 3 is 3.07 bits per heavy atom. The van der Waals surface area contributed by atoms with Crippen LogP contribution in [0.5, 0.6) is 0 Å². The molecular formula is C13H14N2. The van der Waals surface area contributed by atoms with Crippen LogP contribution in [0.1, 0.15) is 30.1 Å². The number of aromatic nitrogens is 1. The van der Waals surface area contributed by atoms with E-state index in [2.05, 4.69) is 34.6 Å². The molecule has 1 saturated heterocycles. The molecule has 2 nitrogen and oxygen atoms in total. The highest BCUT2D eigenvalue weighted by Crippen LogP contribution is 2.39. The summed E-state index contributed by atoms with van der Waals surface area (Å²) >= 11 is 0. The monoisotopic (exact) mass is 198 g/mol. The molecule has 15 heavy (non-hydrogen) atoms. The van der Waals surface area contributed by atoms with Crippen molar-refractivity contribution in [1.29, 1.82) is 0 Å². The molecule has 0 amide bonds. The maximum absolute atomic E-state index is 3.70. The smallest absolute Gasteiger partial charge is 0.0459 e. The van der Waals surface area contributed by atoms with E-state index in [1.165, 1.54) is 35.9 Å². The third-order valence-corrected chi connectivity index (χ3v) is 3.87. The number of hydrogen-bond acceptors (Lipinski definition) is 1. The average Bonchev–Trinajstić information content (AvgIpc) is 2.80. The number of fused-ring (bicyclic) bond motifs is 6. The zero-order chi connectivity index (χ0) is 9.83. The summed E-state index contributed by atoms with van der Waals surface area (Å²) < 4.78 is 0. The molecule has 76 valence electrons. The van der Waals surface area contributed by atoms with Gasteiger partial charge in [0.25, 0.3) is 0 Å². The van der Waals surface area contributed by atoms with Crippen molar-refractivity contribution in [3.63, 3.8) is 0 Å². The minimum Gasteiger partial charge on any atom is -0.358 e. The van der Waals surface area contributed by atoms with Crippen LogP contribution < -0.4 is 5.32 Å². The van der Waals surface area contributed by atoms with E-state index in [9.17, 15) is 0 Å². The maximum Gasteiger partial charge on any atom is 0.0459 e. The van der Waals surface area contributed by atoms with Gasteiger partial charge in [-0.3, -0.25) is 0 Å². The van der Waals surface area contributed by atoms with Gasteiger partial charge in [-0.25, -0.2) is 0 Å². The summed E-state index contributed by atoms with van der Waals surface area (Å²) in [4.78, 5) is 3.58. The molecule has 2 N–H and O–H groups in total. The van der Waals surface area contributed by atoms with Crippen LogP contribution in [-0.4, -0.2) is 11.0 Å². The highest BCUT2D eigenvalue weighted by Gasteiger charge is 2.34. The number of aromatic amines is 1. The molecule has 1 aromatic heterocycles. The molecule has 2 aromatic rings. The van der Waals surface area contributed by atoms with Crippen molar-refractivity contribution in [1.82, 2.24) is 10.3 Å². The molecule has 0 saturated carbocycles. The van der Waals surface area contributed by atoms with Gasteiger partial charge in [-0.05, 0) is 24.5 Å². The molecule has 2 unspecified atom stereocenters. The first-order valence-corrected chi connectivity index (χ1v) is 5.77. The molecule has 3 heterocycles. The fraction of sp³-hybridized carbons (Fsp3) is 0.385. The largest absolute Gasteiger partial charge is 0.358 e. The summed E-state index contributed by atoms with van der Waals surface area (Å²) in [5.74, 6) is 0. The Morgan fingerprint density at radius 2 is 2.07 bits per heavy atom. The molecule has 0 spiro atoms. The van der Waals surface area contributed by atoms with Gasteiger partial charge in [-0.15, -0.1) is 0 Å². The fourth-order valence-electron chi connectivity index (χ4n) is 3.23. The second-order valence-corrected chi connectivity index (χ2v) is 4.76. The number of rotatable bonds is 0. The minimum atomic E-state index is 0.606. The highest BCUT2D eigenvalue weighted by atomic mass is 15.0. The molecule has 2 atom stereocenters. The number of para-hydroxylation sites is 1. The van der Waals surface area contributed by atoms with Crippen LogP contribution in [0.15, 0.2) is 24.3 Å². The third kappa shape index (κ3) is 0.975. The van der Waals surface area contributed by atoms with Gasteiger partial charge >= 0.3 is 0 Å². The standard InChI is InChI=1S/C13H14N2/c1-2-4-10-9(3-1)13-11-6-5-8(14-11)7-12(13)15-10/h1-4,8,11,14-15H,5-7H2. The van der Waals surface area contributed by atoms with Crippen LogP contribution in [0, 0.1) is 0 Å². The summed E-state index contributed by atoms with van der Waals surface area (Å²) in [5.41, 5.74) is 4.32. The van der Waals surface area contributed by atoms with Crippen molar-refractivity contribution in [3.05, 3.63) is 35.5 Å². The molecule has 2 aliphatic rings. The molecule has 4 rings (SSSR count). The Labute approximate surface area is 88.7 Å². The van der Waals surface area contributed by atoms with Gasteiger partial charge in [-0.2, -0.15) is 0 Å². The van der Waals surface area contributed by atoms with E-state index in [4.69, 9.17) is 0 Å². The third-order valence-electron chi connectivity index (χ3n) is 3.87. The number of nitrogens with one attached hydrogen (secondary N) is 2. The van der Waals surface area contributed by atoms with E-state index < -0.39 is 0 Å². The van der Waals surface area contributed by atoms with Crippen LogP contribution in [-0.2, 0) is 6.42 Å². The lowest BCUT2D eigenvalue weighted by Gasteiger charge is -2.21. The Morgan fingerprint density at radius 1 is 1.13 bits per heavy atom. The van der Waals surface area contributed by atoms with Crippen molar-refractivity contribution in [3.8, 4) is 0 Å². The first-order chi connectivity index (χ1) is 7.42. The predicted octanol–water partition coefficient (Wildman–Crippen LogP) is 2.52. The Balaban J connectivity index is 2.05. The quantitative estimate of drug-likeness (QED) is 0.669. The first kappa shape index (κ1) is 7.94. The van der Waals surface area contributed by atoms with E-state index in [0.29, 0.717) is 6.04 Å². The van der Waals surface area contributed by atoms with E-state index >= 15 is 0 Å². The van der Waals surface area contributed by atoms with Crippen LogP contribution in [0.3, 0.4) is 0 Å². The van der Waals surface area contributed by atoms with E-state index in [-0.39, 0.29) is 0 Å². The zero-order valence-electron chi connectivity index (χ0n) is 8.59.